The molecule has 0 unspecified atom stereocenters. The number of hydrogen-bond donors (Lipinski definition) is 2. The second-order valence-corrected chi connectivity index (χ2v) is 2.33. The highest BCUT2D eigenvalue weighted by atomic mass is 19.3. The van der Waals surface area contributed by atoms with Gasteiger partial charge in [0, 0.05) is 6.54 Å². The van der Waals surface area contributed by atoms with E-state index in [2.05, 4.69) is 10.1 Å². The normalized spacial score (nSPS) is 11.4. The van der Waals surface area contributed by atoms with Gasteiger partial charge in [-0.05, 0) is 6.92 Å². The highest BCUT2D eigenvalue weighted by Gasteiger charge is 2.39. The van der Waals surface area contributed by atoms with E-state index in [1.54, 1.807) is 0 Å². The van der Waals surface area contributed by atoms with Gasteiger partial charge in [0.2, 0.25) is 0 Å². The molecule has 0 aliphatic heterocycles. The molecule has 0 aliphatic carbocycles. The Kier molecular flexibility index (Phi) is 5.48. The molecule has 4 nitrogen and oxygen atoms in total. The highest BCUT2D eigenvalue weighted by molar-refractivity contribution is 5.77. The maximum Gasteiger partial charge on any atom is 0.378 e. The monoisotopic (exact) mass is 197 g/mol. The zero-order valence-corrected chi connectivity index (χ0v) is 7.35. The molecule has 6 heteroatoms. The van der Waals surface area contributed by atoms with Crippen LogP contribution in [0.1, 0.15) is 6.92 Å². The molecule has 0 radical (unpaired) electrons. The molecule has 0 fully saturated rings. The van der Waals surface area contributed by atoms with Crippen molar-refractivity contribution >= 4 is 5.97 Å². The molecule has 0 aromatic carbocycles. The van der Waals surface area contributed by atoms with Crippen molar-refractivity contribution in [1.82, 2.24) is 5.32 Å². The first kappa shape index (κ1) is 12.2. The first-order chi connectivity index (χ1) is 6.04. The predicted octanol–water partition coefficient (Wildman–Crippen LogP) is -0.233. The molecule has 0 saturated heterocycles. The van der Waals surface area contributed by atoms with Crippen LogP contribution in [0.5, 0.6) is 0 Å². The van der Waals surface area contributed by atoms with E-state index in [-0.39, 0.29) is 19.8 Å². The van der Waals surface area contributed by atoms with E-state index in [4.69, 9.17) is 5.11 Å². The third-order valence-corrected chi connectivity index (χ3v) is 1.21. The summed E-state index contributed by atoms with van der Waals surface area (Å²) in [6.45, 7) is 0.337. The van der Waals surface area contributed by atoms with Crippen LogP contribution in [0.15, 0.2) is 0 Å². The fraction of sp³-hybridized carbons (Fsp3) is 0.857. The Balaban J connectivity index is 3.83. The summed E-state index contributed by atoms with van der Waals surface area (Å²) in [5, 5.41) is 10.5. The van der Waals surface area contributed by atoms with Crippen LogP contribution in [0.25, 0.3) is 0 Å². The maximum atomic E-state index is 12.7. The summed E-state index contributed by atoms with van der Waals surface area (Å²) in [7, 11) is 0. The summed E-state index contributed by atoms with van der Waals surface area (Å²) < 4.78 is 29.6. The average Bonchev–Trinajstić information content (AvgIpc) is 2.05. The van der Waals surface area contributed by atoms with E-state index in [1.165, 1.54) is 6.92 Å². The van der Waals surface area contributed by atoms with E-state index in [0.29, 0.717) is 0 Å². The number of aliphatic hydroxyl groups is 1. The third-order valence-electron chi connectivity index (χ3n) is 1.21. The van der Waals surface area contributed by atoms with Crippen LogP contribution in [-0.2, 0) is 9.53 Å². The Labute approximate surface area is 74.9 Å². The quantitative estimate of drug-likeness (QED) is 0.456. The minimum atomic E-state index is -3.52. The van der Waals surface area contributed by atoms with Crippen LogP contribution in [0, 0.1) is 0 Å². The molecular weight excluding hydrogens is 184 g/mol. The lowest BCUT2D eigenvalue weighted by molar-refractivity contribution is -0.170. The van der Waals surface area contributed by atoms with Crippen molar-refractivity contribution in [3.8, 4) is 0 Å². The molecular formula is C7H13F2NO3. The van der Waals surface area contributed by atoms with Crippen molar-refractivity contribution in [2.75, 3.05) is 26.3 Å². The number of carbonyl (C=O) groups is 1. The van der Waals surface area contributed by atoms with E-state index in [0.717, 1.165) is 0 Å². The first-order valence-corrected chi connectivity index (χ1v) is 3.91. The molecule has 0 saturated carbocycles. The number of alkyl halides is 2. The second kappa shape index (κ2) is 5.82. The van der Waals surface area contributed by atoms with Gasteiger partial charge in [-0.1, -0.05) is 0 Å². The zero-order chi connectivity index (χ0) is 10.3. The van der Waals surface area contributed by atoms with Crippen LogP contribution >= 0.6 is 0 Å². The van der Waals surface area contributed by atoms with Crippen LogP contribution in [-0.4, -0.2) is 43.3 Å². The number of esters is 1. The van der Waals surface area contributed by atoms with E-state index in [9.17, 15) is 13.6 Å². The number of halogens is 2. The Morgan fingerprint density at radius 1 is 1.62 bits per heavy atom. The van der Waals surface area contributed by atoms with Crippen molar-refractivity contribution in [3.63, 3.8) is 0 Å². The van der Waals surface area contributed by atoms with Crippen molar-refractivity contribution in [3.05, 3.63) is 0 Å². The number of nitrogens with one attached hydrogen (secondary N) is 1. The molecule has 0 atom stereocenters. The topological polar surface area (TPSA) is 58.6 Å². The van der Waals surface area contributed by atoms with Gasteiger partial charge in [-0.25, -0.2) is 4.79 Å². The Bertz CT molecular complexity index is 164. The average molecular weight is 197 g/mol. The second-order valence-electron chi connectivity index (χ2n) is 2.33. The molecule has 13 heavy (non-hydrogen) atoms. The number of ether oxygens (including phenoxy) is 1. The highest BCUT2D eigenvalue weighted by Crippen LogP contribution is 2.13. The van der Waals surface area contributed by atoms with Gasteiger partial charge in [0.05, 0.1) is 19.8 Å². The van der Waals surface area contributed by atoms with Gasteiger partial charge in [0.15, 0.2) is 0 Å². The molecule has 0 aliphatic rings. The van der Waals surface area contributed by atoms with Crippen LogP contribution in [0.3, 0.4) is 0 Å². The summed E-state index contributed by atoms with van der Waals surface area (Å²) in [5.74, 6) is -5.06. The number of hydrogen-bond acceptors (Lipinski definition) is 4. The first-order valence-electron chi connectivity index (χ1n) is 3.91. The Hall–Kier alpha value is -0.750. The largest absolute Gasteiger partial charge is 0.462 e. The van der Waals surface area contributed by atoms with Gasteiger partial charge in [-0.15, -0.1) is 0 Å². The molecule has 78 valence electrons. The summed E-state index contributed by atoms with van der Waals surface area (Å²) in [6, 6.07) is 0. The Morgan fingerprint density at radius 3 is 2.69 bits per heavy atom. The van der Waals surface area contributed by atoms with Crippen LogP contribution in [0.2, 0.25) is 0 Å². The zero-order valence-electron chi connectivity index (χ0n) is 7.35. The molecule has 0 heterocycles. The van der Waals surface area contributed by atoms with Gasteiger partial charge in [0.1, 0.15) is 0 Å². The number of aliphatic hydroxyl groups excluding tert-OH is 1. The predicted molar refractivity (Wildman–Crippen MR) is 41.5 cm³/mol. The Morgan fingerprint density at radius 2 is 2.23 bits per heavy atom. The smallest absolute Gasteiger partial charge is 0.378 e. The van der Waals surface area contributed by atoms with Gasteiger partial charge < -0.3 is 15.2 Å². The molecule has 2 N–H and O–H groups in total. The lowest BCUT2D eigenvalue weighted by atomic mass is 10.3. The molecule has 0 bridgehead atoms. The summed E-state index contributed by atoms with van der Waals surface area (Å²) in [5.41, 5.74) is 0. The molecule has 0 spiro atoms. The number of carbonyl (C=O) groups excluding carboxylic acids is 1. The van der Waals surface area contributed by atoms with Crippen LogP contribution in [0.4, 0.5) is 8.78 Å². The lowest BCUT2D eigenvalue weighted by Gasteiger charge is -2.14. The molecule has 0 aromatic rings. The van der Waals surface area contributed by atoms with E-state index in [1.807, 2.05) is 0 Å². The standard InChI is InChI=1S/C7H13F2NO3/c1-2-13-6(12)7(8,9)5-10-3-4-11/h10-11H,2-5H2,1H3. The van der Waals surface area contributed by atoms with Gasteiger partial charge >= 0.3 is 11.9 Å². The van der Waals surface area contributed by atoms with E-state index < -0.39 is 18.4 Å². The van der Waals surface area contributed by atoms with Crippen molar-refractivity contribution in [2.45, 2.75) is 12.8 Å². The van der Waals surface area contributed by atoms with Gasteiger partial charge in [-0.3, -0.25) is 0 Å². The van der Waals surface area contributed by atoms with Crippen LogP contribution < -0.4 is 5.32 Å². The van der Waals surface area contributed by atoms with E-state index >= 15 is 0 Å². The molecule has 0 rings (SSSR count). The lowest BCUT2D eigenvalue weighted by Crippen LogP contribution is -2.41. The fourth-order valence-corrected chi connectivity index (χ4v) is 0.633. The van der Waals surface area contributed by atoms with Crippen molar-refractivity contribution in [2.24, 2.45) is 0 Å². The van der Waals surface area contributed by atoms with Crippen molar-refractivity contribution in [1.29, 1.82) is 0 Å². The van der Waals surface area contributed by atoms with Gasteiger partial charge in [-0.2, -0.15) is 8.78 Å². The molecule has 0 amide bonds. The maximum absolute atomic E-state index is 12.7. The molecule has 0 aromatic heterocycles. The third kappa shape index (κ3) is 4.74. The summed E-state index contributed by atoms with van der Waals surface area (Å²) in [4.78, 5) is 10.6. The number of rotatable bonds is 6. The summed E-state index contributed by atoms with van der Waals surface area (Å²) in [6.07, 6.45) is 0. The minimum absolute atomic E-state index is 0.0228. The fourth-order valence-electron chi connectivity index (χ4n) is 0.633. The van der Waals surface area contributed by atoms with Gasteiger partial charge in [0.25, 0.3) is 0 Å². The summed E-state index contributed by atoms with van der Waals surface area (Å²) >= 11 is 0. The SMILES string of the molecule is CCOC(=O)C(F)(F)CNCCO. The van der Waals surface area contributed by atoms with Crippen molar-refractivity contribution < 1.29 is 23.4 Å². The minimum Gasteiger partial charge on any atom is -0.462 e.